The first kappa shape index (κ1) is 19.9. The van der Waals surface area contributed by atoms with E-state index in [0.29, 0.717) is 31.1 Å². The lowest BCUT2D eigenvalue weighted by Gasteiger charge is -2.18. The van der Waals surface area contributed by atoms with E-state index < -0.39 is 0 Å². The molecular formula is C23H26N4O3. The number of amides is 1. The van der Waals surface area contributed by atoms with Crippen LogP contribution in [0.5, 0.6) is 11.5 Å². The van der Waals surface area contributed by atoms with Crippen molar-refractivity contribution >= 4 is 5.91 Å². The van der Waals surface area contributed by atoms with E-state index in [1.54, 1.807) is 25.1 Å². The summed E-state index contributed by atoms with van der Waals surface area (Å²) in [6.07, 6.45) is 3.46. The summed E-state index contributed by atoms with van der Waals surface area (Å²) < 4.78 is 12.7. The number of methoxy groups -OCH3 is 2. The summed E-state index contributed by atoms with van der Waals surface area (Å²) in [6, 6.07) is 16.1. The van der Waals surface area contributed by atoms with Crippen molar-refractivity contribution in [3.8, 4) is 11.5 Å². The van der Waals surface area contributed by atoms with Gasteiger partial charge in [-0.15, -0.1) is 5.10 Å². The highest BCUT2D eigenvalue weighted by Gasteiger charge is 2.31. The maximum atomic E-state index is 12.9. The summed E-state index contributed by atoms with van der Waals surface area (Å²) >= 11 is 0. The van der Waals surface area contributed by atoms with Gasteiger partial charge < -0.3 is 14.4 Å². The van der Waals surface area contributed by atoms with Crippen molar-refractivity contribution in [2.45, 2.75) is 25.3 Å². The fourth-order valence-electron chi connectivity index (χ4n) is 3.99. The van der Waals surface area contributed by atoms with E-state index in [1.165, 1.54) is 5.56 Å². The van der Waals surface area contributed by atoms with Gasteiger partial charge in [-0.25, -0.2) is 0 Å². The highest BCUT2D eigenvalue weighted by atomic mass is 16.5. The molecule has 30 heavy (non-hydrogen) atoms. The molecule has 1 amide bonds. The van der Waals surface area contributed by atoms with Gasteiger partial charge in [-0.3, -0.25) is 9.48 Å². The van der Waals surface area contributed by atoms with E-state index in [0.717, 1.165) is 24.2 Å². The van der Waals surface area contributed by atoms with E-state index in [4.69, 9.17) is 9.47 Å². The summed E-state index contributed by atoms with van der Waals surface area (Å²) in [4.78, 5) is 14.8. The maximum absolute atomic E-state index is 12.9. The molecule has 0 N–H and O–H groups in total. The number of nitrogens with zero attached hydrogens (tertiary/aromatic N) is 4. The van der Waals surface area contributed by atoms with Gasteiger partial charge in [-0.05, 0) is 24.5 Å². The predicted molar refractivity (Wildman–Crippen MR) is 113 cm³/mol. The van der Waals surface area contributed by atoms with Crippen molar-refractivity contribution in [3.05, 3.63) is 71.5 Å². The fraction of sp³-hybridized carbons (Fsp3) is 0.348. The minimum atomic E-state index is -0.0784. The summed E-state index contributed by atoms with van der Waals surface area (Å²) in [5.41, 5.74) is 2.69. The van der Waals surface area contributed by atoms with E-state index in [-0.39, 0.29) is 11.8 Å². The minimum absolute atomic E-state index is 0.0784. The quantitative estimate of drug-likeness (QED) is 0.603. The van der Waals surface area contributed by atoms with Gasteiger partial charge in [-0.1, -0.05) is 47.7 Å². The van der Waals surface area contributed by atoms with E-state index in [9.17, 15) is 4.79 Å². The zero-order valence-corrected chi connectivity index (χ0v) is 17.3. The molecule has 0 bridgehead atoms. The second-order valence-corrected chi connectivity index (χ2v) is 7.42. The summed E-state index contributed by atoms with van der Waals surface area (Å²) in [5, 5.41) is 8.24. The molecule has 4 rings (SSSR count). The van der Waals surface area contributed by atoms with Crippen molar-refractivity contribution < 1.29 is 14.3 Å². The van der Waals surface area contributed by atoms with Crippen LogP contribution in [0.25, 0.3) is 0 Å². The van der Waals surface area contributed by atoms with Crippen LogP contribution in [0.3, 0.4) is 0 Å². The summed E-state index contributed by atoms with van der Waals surface area (Å²) in [6.45, 7) is 1.99. The zero-order chi connectivity index (χ0) is 20.9. The maximum Gasteiger partial charge on any atom is 0.276 e. The van der Waals surface area contributed by atoms with Crippen molar-refractivity contribution in [2.24, 2.45) is 0 Å². The minimum Gasteiger partial charge on any atom is -0.493 e. The predicted octanol–water partition coefficient (Wildman–Crippen LogP) is 3.17. The largest absolute Gasteiger partial charge is 0.493 e. The Labute approximate surface area is 176 Å². The topological polar surface area (TPSA) is 69.5 Å². The SMILES string of the molecule is COc1cccc(C2CCN(C(=O)c3cn(CCc4ccccc4)nn3)C2)c1OC. The van der Waals surface area contributed by atoms with Crippen LogP contribution < -0.4 is 9.47 Å². The Morgan fingerprint density at radius 3 is 2.70 bits per heavy atom. The third-order valence-electron chi connectivity index (χ3n) is 5.58. The van der Waals surface area contributed by atoms with E-state index >= 15 is 0 Å². The van der Waals surface area contributed by atoms with Crippen LogP contribution in [0, 0.1) is 0 Å². The lowest BCUT2D eigenvalue weighted by molar-refractivity contribution is 0.0784. The number of benzene rings is 2. The highest BCUT2D eigenvalue weighted by molar-refractivity contribution is 5.92. The molecule has 1 saturated heterocycles. The van der Waals surface area contributed by atoms with Crippen LogP contribution in [0.4, 0.5) is 0 Å². The number of hydrogen-bond donors (Lipinski definition) is 0. The highest BCUT2D eigenvalue weighted by Crippen LogP contribution is 2.39. The van der Waals surface area contributed by atoms with Crippen LogP contribution in [0.1, 0.15) is 34.0 Å². The molecule has 2 heterocycles. The summed E-state index contributed by atoms with van der Waals surface area (Å²) in [5.74, 6) is 1.57. The van der Waals surface area contributed by atoms with Gasteiger partial charge >= 0.3 is 0 Å². The molecule has 156 valence electrons. The molecule has 1 aliphatic heterocycles. The van der Waals surface area contributed by atoms with Crippen molar-refractivity contribution in [2.75, 3.05) is 27.3 Å². The Morgan fingerprint density at radius 2 is 1.93 bits per heavy atom. The first-order valence-corrected chi connectivity index (χ1v) is 10.1. The second kappa shape index (κ2) is 8.98. The molecule has 0 aliphatic carbocycles. The fourth-order valence-corrected chi connectivity index (χ4v) is 3.99. The van der Waals surface area contributed by atoms with Gasteiger partial charge in [0.05, 0.1) is 20.4 Å². The number of para-hydroxylation sites is 1. The molecule has 0 spiro atoms. The Kier molecular flexibility index (Phi) is 5.97. The lowest BCUT2D eigenvalue weighted by atomic mass is 9.97. The molecule has 1 aromatic heterocycles. The van der Waals surface area contributed by atoms with E-state index in [2.05, 4.69) is 22.4 Å². The number of aryl methyl sites for hydroxylation is 2. The number of hydrogen-bond acceptors (Lipinski definition) is 5. The molecule has 3 aromatic rings. The Hall–Kier alpha value is -3.35. The second-order valence-electron chi connectivity index (χ2n) is 7.42. The molecule has 1 atom stereocenters. The molecule has 1 fully saturated rings. The normalized spacial score (nSPS) is 15.9. The van der Waals surface area contributed by atoms with Gasteiger partial charge in [-0.2, -0.15) is 0 Å². The number of carbonyl (C=O) groups is 1. The average molecular weight is 406 g/mol. The summed E-state index contributed by atoms with van der Waals surface area (Å²) in [7, 11) is 3.28. The van der Waals surface area contributed by atoms with Crippen LogP contribution in [-0.2, 0) is 13.0 Å². The molecule has 0 radical (unpaired) electrons. The molecule has 0 saturated carbocycles. The first-order chi connectivity index (χ1) is 14.7. The standard InChI is InChI=1S/C23H26N4O3/c1-29-21-10-6-9-19(22(21)30-2)18-12-13-26(15-18)23(28)20-16-27(25-24-20)14-11-17-7-4-3-5-8-17/h3-10,16,18H,11-15H2,1-2H3. The Bertz CT molecular complexity index is 1000. The molecule has 7 heteroatoms. The van der Waals surface area contributed by atoms with Crippen LogP contribution in [0.15, 0.2) is 54.7 Å². The lowest BCUT2D eigenvalue weighted by Crippen LogP contribution is -2.28. The van der Waals surface area contributed by atoms with Gasteiger partial charge in [0.2, 0.25) is 0 Å². The van der Waals surface area contributed by atoms with Crippen LogP contribution >= 0.6 is 0 Å². The Morgan fingerprint density at radius 1 is 1.10 bits per heavy atom. The van der Waals surface area contributed by atoms with Crippen molar-refractivity contribution in [1.82, 2.24) is 19.9 Å². The number of rotatable bonds is 7. The third-order valence-corrected chi connectivity index (χ3v) is 5.58. The average Bonchev–Trinajstić information content (AvgIpc) is 3.47. The molecule has 1 unspecified atom stereocenters. The Balaban J connectivity index is 1.40. The van der Waals surface area contributed by atoms with Crippen LogP contribution in [-0.4, -0.2) is 53.1 Å². The van der Waals surface area contributed by atoms with Crippen LogP contribution in [0.2, 0.25) is 0 Å². The molecular weight excluding hydrogens is 380 g/mol. The number of likely N-dealkylation sites (tertiary alicyclic amines) is 1. The molecule has 2 aromatic carbocycles. The number of carbonyl (C=O) groups excluding carboxylic acids is 1. The number of aromatic nitrogens is 3. The zero-order valence-electron chi connectivity index (χ0n) is 17.3. The van der Waals surface area contributed by atoms with Gasteiger partial charge in [0.1, 0.15) is 0 Å². The first-order valence-electron chi connectivity index (χ1n) is 10.1. The van der Waals surface area contributed by atoms with Crippen molar-refractivity contribution in [1.29, 1.82) is 0 Å². The van der Waals surface area contributed by atoms with Gasteiger partial charge in [0, 0.05) is 31.1 Å². The smallest absolute Gasteiger partial charge is 0.276 e. The van der Waals surface area contributed by atoms with Crippen molar-refractivity contribution in [3.63, 3.8) is 0 Å². The van der Waals surface area contributed by atoms with Gasteiger partial charge in [0.15, 0.2) is 17.2 Å². The number of ether oxygens (including phenoxy) is 2. The monoisotopic (exact) mass is 406 g/mol. The molecule has 7 nitrogen and oxygen atoms in total. The molecule has 1 aliphatic rings. The third kappa shape index (κ3) is 4.15. The van der Waals surface area contributed by atoms with E-state index in [1.807, 2.05) is 41.3 Å². The van der Waals surface area contributed by atoms with Gasteiger partial charge in [0.25, 0.3) is 5.91 Å².